The molecule has 2 aromatic rings. The minimum absolute atomic E-state index is 0.719. The number of aryl methyl sites for hydroxylation is 1. The molecule has 5 heteroatoms. The third-order valence-electron chi connectivity index (χ3n) is 3.02. The molecule has 0 atom stereocenters. The van der Waals surface area contributed by atoms with Crippen LogP contribution in [0.2, 0.25) is 0 Å². The average Bonchev–Trinajstić information content (AvgIpc) is 2.40. The quantitative estimate of drug-likeness (QED) is 0.817. The number of nitrogens with one attached hydrogen (secondary N) is 1. The van der Waals surface area contributed by atoms with Gasteiger partial charge >= 0.3 is 0 Å². The van der Waals surface area contributed by atoms with Crippen molar-refractivity contribution < 1.29 is 4.74 Å². The Morgan fingerprint density at radius 1 is 1.25 bits per heavy atom. The summed E-state index contributed by atoms with van der Waals surface area (Å²) in [5, 5.41) is 3.40. The molecule has 106 valence electrons. The van der Waals surface area contributed by atoms with Gasteiger partial charge < -0.3 is 10.1 Å². The fourth-order valence-electron chi connectivity index (χ4n) is 1.99. The van der Waals surface area contributed by atoms with Crippen molar-refractivity contribution in [2.24, 2.45) is 0 Å². The second kappa shape index (κ2) is 7.20. The van der Waals surface area contributed by atoms with Crippen LogP contribution in [0.3, 0.4) is 0 Å². The van der Waals surface area contributed by atoms with Crippen LogP contribution in [0, 0.1) is 6.92 Å². The van der Waals surface area contributed by atoms with Crippen molar-refractivity contribution in [3.8, 4) is 5.75 Å². The predicted molar refractivity (Wildman–Crippen MR) is 87.9 cm³/mol. The molecule has 0 aliphatic carbocycles. The van der Waals surface area contributed by atoms with E-state index < -0.39 is 0 Å². The third-order valence-corrected chi connectivity index (χ3v) is 4.06. The number of nitrogens with zero attached hydrogens (tertiary/aromatic N) is 1. The molecule has 20 heavy (non-hydrogen) atoms. The van der Waals surface area contributed by atoms with Gasteiger partial charge in [0, 0.05) is 29.3 Å². The zero-order valence-corrected chi connectivity index (χ0v) is 14.6. The summed E-state index contributed by atoms with van der Waals surface area (Å²) in [5.41, 5.74) is 3.37. The number of hydrogen-bond acceptors (Lipinski definition) is 3. The Morgan fingerprint density at radius 3 is 2.75 bits per heavy atom. The molecule has 3 nitrogen and oxygen atoms in total. The zero-order chi connectivity index (χ0) is 14.5. The van der Waals surface area contributed by atoms with Gasteiger partial charge in [0.2, 0.25) is 0 Å². The highest BCUT2D eigenvalue weighted by Gasteiger charge is 2.09. The Labute approximate surface area is 136 Å². The number of methoxy groups -OCH3 is 1. The smallest absolute Gasteiger partial charge is 0.137 e. The summed E-state index contributed by atoms with van der Waals surface area (Å²) in [7, 11) is 1.68. The molecule has 0 fully saturated rings. The van der Waals surface area contributed by atoms with E-state index in [1.54, 1.807) is 7.11 Å². The van der Waals surface area contributed by atoms with Gasteiger partial charge in [-0.2, -0.15) is 0 Å². The molecule has 0 saturated heterocycles. The van der Waals surface area contributed by atoms with Gasteiger partial charge in [0.15, 0.2) is 0 Å². The molecule has 0 amide bonds. The first-order valence-corrected chi connectivity index (χ1v) is 7.83. The van der Waals surface area contributed by atoms with E-state index >= 15 is 0 Å². The highest BCUT2D eigenvalue weighted by atomic mass is 79.9. The van der Waals surface area contributed by atoms with Crippen LogP contribution in [0.5, 0.6) is 5.75 Å². The normalized spacial score (nSPS) is 10.6. The summed E-state index contributed by atoms with van der Waals surface area (Å²) in [5.74, 6) is 0.860. The van der Waals surface area contributed by atoms with E-state index in [1.165, 1.54) is 5.56 Å². The Morgan fingerprint density at radius 2 is 2.05 bits per heavy atom. The van der Waals surface area contributed by atoms with E-state index in [-0.39, 0.29) is 0 Å². The highest BCUT2D eigenvalue weighted by molar-refractivity contribution is 9.11. The Balaban J connectivity index is 2.06. The van der Waals surface area contributed by atoms with Crippen LogP contribution < -0.4 is 10.1 Å². The largest absolute Gasteiger partial charge is 0.495 e. The number of rotatable bonds is 5. The topological polar surface area (TPSA) is 34.1 Å². The van der Waals surface area contributed by atoms with Gasteiger partial charge in [-0.1, -0.05) is 22.0 Å². The molecular formula is C15H16Br2N2O. The molecule has 1 aromatic carbocycles. The Kier molecular flexibility index (Phi) is 5.57. The molecule has 0 aliphatic rings. The minimum Gasteiger partial charge on any atom is -0.495 e. The fraction of sp³-hybridized carbons (Fsp3) is 0.267. The van der Waals surface area contributed by atoms with Gasteiger partial charge in [-0.15, -0.1) is 0 Å². The van der Waals surface area contributed by atoms with Crippen molar-refractivity contribution in [2.45, 2.75) is 20.0 Å². The van der Waals surface area contributed by atoms with Crippen molar-refractivity contribution in [1.29, 1.82) is 0 Å². The standard InChI is InChI=1S/C15H16Br2N2O/c1-10-4-3-5-19-14(10)9-18-8-11-6-12(16)7-13(17)15(11)20-2/h3-7,18H,8-9H2,1-2H3. The summed E-state index contributed by atoms with van der Waals surface area (Å²) in [6.07, 6.45) is 1.82. The van der Waals surface area contributed by atoms with E-state index in [1.807, 2.05) is 18.3 Å². The Bertz CT molecular complexity index is 602. The van der Waals surface area contributed by atoms with Gasteiger partial charge in [0.05, 0.1) is 17.3 Å². The SMILES string of the molecule is COc1c(Br)cc(Br)cc1CNCc1ncccc1C. The highest BCUT2D eigenvalue weighted by Crippen LogP contribution is 2.32. The number of hydrogen-bond donors (Lipinski definition) is 1. The number of ether oxygens (including phenoxy) is 1. The molecule has 0 radical (unpaired) electrons. The summed E-state index contributed by atoms with van der Waals surface area (Å²) >= 11 is 7.01. The van der Waals surface area contributed by atoms with E-state index in [0.717, 1.165) is 39.0 Å². The summed E-state index contributed by atoms with van der Waals surface area (Å²) in [4.78, 5) is 4.37. The van der Waals surface area contributed by atoms with Crippen molar-refractivity contribution in [3.63, 3.8) is 0 Å². The van der Waals surface area contributed by atoms with Crippen LogP contribution in [-0.4, -0.2) is 12.1 Å². The lowest BCUT2D eigenvalue weighted by atomic mass is 10.2. The second-order valence-electron chi connectivity index (χ2n) is 4.45. The van der Waals surface area contributed by atoms with Crippen molar-refractivity contribution in [2.75, 3.05) is 7.11 Å². The van der Waals surface area contributed by atoms with Crippen LogP contribution in [-0.2, 0) is 13.1 Å². The van der Waals surface area contributed by atoms with Crippen molar-refractivity contribution >= 4 is 31.9 Å². The average molecular weight is 400 g/mol. The van der Waals surface area contributed by atoms with E-state index in [0.29, 0.717) is 0 Å². The number of aromatic nitrogens is 1. The molecule has 0 spiro atoms. The van der Waals surface area contributed by atoms with E-state index in [4.69, 9.17) is 4.74 Å². The van der Waals surface area contributed by atoms with Gasteiger partial charge in [-0.05, 0) is 46.6 Å². The maximum Gasteiger partial charge on any atom is 0.137 e. The zero-order valence-electron chi connectivity index (χ0n) is 11.4. The molecule has 1 aromatic heterocycles. The number of pyridine rings is 1. The van der Waals surface area contributed by atoms with Crippen molar-refractivity contribution in [1.82, 2.24) is 10.3 Å². The molecule has 0 unspecified atom stereocenters. The third kappa shape index (κ3) is 3.81. The number of benzene rings is 1. The fourth-order valence-corrected chi connectivity index (χ4v) is 3.47. The molecule has 0 saturated carbocycles. The van der Waals surface area contributed by atoms with Crippen LogP contribution in [0.1, 0.15) is 16.8 Å². The molecule has 1 N–H and O–H groups in total. The first-order chi connectivity index (χ1) is 9.61. The molecule has 1 heterocycles. The van der Waals surface area contributed by atoms with Gasteiger partial charge in [0.1, 0.15) is 5.75 Å². The monoisotopic (exact) mass is 398 g/mol. The lowest BCUT2D eigenvalue weighted by Gasteiger charge is -2.12. The maximum atomic E-state index is 5.43. The predicted octanol–water partition coefficient (Wildman–Crippen LogP) is 4.21. The lowest BCUT2D eigenvalue weighted by Crippen LogP contribution is -2.15. The van der Waals surface area contributed by atoms with Gasteiger partial charge in [-0.25, -0.2) is 0 Å². The van der Waals surface area contributed by atoms with Gasteiger partial charge in [-0.3, -0.25) is 4.98 Å². The molecule has 0 aliphatic heterocycles. The summed E-state index contributed by atoms with van der Waals surface area (Å²) < 4.78 is 7.40. The van der Waals surface area contributed by atoms with Crippen LogP contribution in [0.4, 0.5) is 0 Å². The number of halogens is 2. The first kappa shape index (κ1) is 15.5. The Hall–Kier alpha value is -0.910. The first-order valence-electron chi connectivity index (χ1n) is 6.25. The molecular weight excluding hydrogens is 384 g/mol. The summed E-state index contributed by atoms with van der Waals surface area (Å²) in [6.45, 7) is 3.53. The van der Waals surface area contributed by atoms with Crippen LogP contribution >= 0.6 is 31.9 Å². The maximum absolute atomic E-state index is 5.43. The molecule has 2 rings (SSSR count). The van der Waals surface area contributed by atoms with Crippen LogP contribution in [0.15, 0.2) is 39.4 Å². The van der Waals surface area contributed by atoms with Gasteiger partial charge in [0.25, 0.3) is 0 Å². The van der Waals surface area contributed by atoms with Crippen molar-refractivity contribution in [3.05, 3.63) is 56.2 Å². The van der Waals surface area contributed by atoms with E-state index in [2.05, 4.69) is 61.2 Å². The lowest BCUT2D eigenvalue weighted by molar-refractivity contribution is 0.404. The summed E-state index contributed by atoms with van der Waals surface area (Å²) in [6, 6.07) is 8.06. The second-order valence-corrected chi connectivity index (χ2v) is 6.22. The van der Waals surface area contributed by atoms with E-state index in [9.17, 15) is 0 Å². The molecule has 0 bridgehead atoms. The minimum atomic E-state index is 0.719. The van der Waals surface area contributed by atoms with Crippen LogP contribution in [0.25, 0.3) is 0 Å².